The number of benzene rings is 2. The molecule has 25 heavy (non-hydrogen) atoms. The number of amides is 1. The molecule has 4 heteroatoms. The van der Waals surface area contributed by atoms with Crippen LogP contribution in [0.15, 0.2) is 54.6 Å². The predicted molar refractivity (Wildman–Crippen MR) is 102 cm³/mol. The average Bonchev–Trinajstić information content (AvgIpc) is 2.64. The van der Waals surface area contributed by atoms with E-state index in [4.69, 9.17) is 11.6 Å². The molecule has 1 saturated heterocycles. The first kappa shape index (κ1) is 18.0. The van der Waals surface area contributed by atoms with E-state index in [2.05, 4.69) is 29.2 Å². The monoisotopic (exact) mass is 356 g/mol. The summed E-state index contributed by atoms with van der Waals surface area (Å²) in [7, 11) is 1.88. The maximum Gasteiger partial charge on any atom is 0.227 e. The predicted octanol–water partition coefficient (Wildman–Crippen LogP) is 4.21. The maximum absolute atomic E-state index is 12.9. The van der Waals surface area contributed by atoms with Gasteiger partial charge >= 0.3 is 0 Å². The largest absolute Gasteiger partial charge is 0.341 e. The van der Waals surface area contributed by atoms with Crippen molar-refractivity contribution < 1.29 is 4.79 Å². The third kappa shape index (κ3) is 4.83. The minimum absolute atomic E-state index is 0.0740. The minimum Gasteiger partial charge on any atom is -0.341 e. The Labute approximate surface area is 155 Å². The molecule has 2 aromatic rings. The summed E-state index contributed by atoms with van der Waals surface area (Å²) in [6.45, 7) is 3.38. The number of carbonyl (C=O) groups excluding carboxylic acids is 1. The standard InChI is InChI=1S/C21H25ClN2O/c1-23(15-18-10-5-6-12-20(18)22)21(25)19-11-7-13-24(16-19)14-17-8-3-2-4-9-17/h2-6,8-10,12,19H,7,11,13-16H2,1H3. The van der Waals surface area contributed by atoms with E-state index in [0.29, 0.717) is 6.54 Å². The fourth-order valence-electron chi connectivity index (χ4n) is 3.51. The second-order valence-corrected chi connectivity index (χ2v) is 7.25. The molecule has 3 nitrogen and oxygen atoms in total. The molecule has 0 saturated carbocycles. The molecular weight excluding hydrogens is 332 g/mol. The summed E-state index contributed by atoms with van der Waals surface area (Å²) < 4.78 is 0. The normalized spacial score (nSPS) is 18.1. The molecule has 1 fully saturated rings. The van der Waals surface area contributed by atoms with Gasteiger partial charge in [0.05, 0.1) is 5.92 Å². The van der Waals surface area contributed by atoms with Gasteiger partial charge in [-0.2, -0.15) is 0 Å². The molecule has 0 spiro atoms. The van der Waals surface area contributed by atoms with Gasteiger partial charge in [-0.3, -0.25) is 9.69 Å². The summed E-state index contributed by atoms with van der Waals surface area (Å²) in [5, 5.41) is 0.719. The molecule has 0 aliphatic carbocycles. The molecule has 1 amide bonds. The summed E-state index contributed by atoms with van der Waals surface area (Å²) in [5.74, 6) is 0.294. The Hall–Kier alpha value is -1.84. The molecule has 3 rings (SSSR count). The molecule has 0 N–H and O–H groups in total. The number of halogens is 1. The van der Waals surface area contributed by atoms with Crippen molar-refractivity contribution in [2.45, 2.75) is 25.9 Å². The zero-order valence-corrected chi connectivity index (χ0v) is 15.5. The highest BCUT2D eigenvalue weighted by atomic mass is 35.5. The van der Waals surface area contributed by atoms with Crippen LogP contribution in [0.1, 0.15) is 24.0 Å². The number of rotatable bonds is 5. The third-order valence-corrected chi connectivity index (χ3v) is 5.21. The van der Waals surface area contributed by atoms with Crippen molar-refractivity contribution in [2.75, 3.05) is 20.1 Å². The highest BCUT2D eigenvalue weighted by Gasteiger charge is 2.28. The van der Waals surface area contributed by atoms with Gasteiger partial charge in [-0.15, -0.1) is 0 Å². The Morgan fingerprint density at radius 1 is 1.16 bits per heavy atom. The summed E-state index contributed by atoms with van der Waals surface area (Å²) in [6, 6.07) is 18.2. The molecule has 0 aromatic heterocycles. The number of nitrogens with zero attached hydrogens (tertiary/aromatic N) is 2. The van der Waals surface area contributed by atoms with Gasteiger partial charge in [0.15, 0.2) is 0 Å². The van der Waals surface area contributed by atoms with Gasteiger partial charge in [-0.05, 0) is 36.6 Å². The fourth-order valence-corrected chi connectivity index (χ4v) is 3.71. The van der Waals surface area contributed by atoms with Crippen molar-refractivity contribution in [3.8, 4) is 0 Å². The smallest absolute Gasteiger partial charge is 0.227 e. The number of hydrogen-bond donors (Lipinski definition) is 0. The van der Waals surface area contributed by atoms with Gasteiger partial charge in [-0.1, -0.05) is 60.1 Å². The lowest BCUT2D eigenvalue weighted by molar-refractivity contribution is -0.136. The molecule has 1 unspecified atom stereocenters. The van der Waals surface area contributed by atoms with E-state index >= 15 is 0 Å². The van der Waals surface area contributed by atoms with Crippen LogP contribution in [-0.4, -0.2) is 35.8 Å². The number of likely N-dealkylation sites (tertiary alicyclic amines) is 1. The van der Waals surface area contributed by atoms with Crippen LogP contribution in [0.25, 0.3) is 0 Å². The van der Waals surface area contributed by atoms with Crippen molar-refractivity contribution in [2.24, 2.45) is 5.92 Å². The summed E-state index contributed by atoms with van der Waals surface area (Å²) in [6.07, 6.45) is 2.04. The number of piperidine rings is 1. The van der Waals surface area contributed by atoms with E-state index in [1.54, 1.807) is 0 Å². The van der Waals surface area contributed by atoms with Gasteiger partial charge in [0.1, 0.15) is 0 Å². The average molecular weight is 357 g/mol. The van der Waals surface area contributed by atoms with Crippen molar-refractivity contribution in [1.82, 2.24) is 9.80 Å². The number of hydrogen-bond acceptors (Lipinski definition) is 2. The van der Waals surface area contributed by atoms with Crippen molar-refractivity contribution in [1.29, 1.82) is 0 Å². The molecule has 0 radical (unpaired) electrons. The van der Waals surface area contributed by atoms with Crippen molar-refractivity contribution in [3.63, 3.8) is 0 Å². The van der Waals surface area contributed by atoms with Gasteiger partial charge in [0, 0.05) is 31.7 Å². The number of carbonyl (C=O) groups is 1. The quantitative estimate of drug-likeness (QED) is 0.801. The van der Waals surface area contributed by atoms with Crippen LogP contribution in [0.3, 0.4) is 0 Å². The van der Waals surface area contributed by atoms with E-state index in [9.17, 15) is 4.79 Å². The van der Waals surface area contributed by atoms with E-state index in [0.717, 1.165) is 43.1 Å². The van der Waals surface area contributed by atoms with Gasteiger partial charge in [-0.25, -0.2) is 0 Å². The molecule has 1 atom stereocenters. The Bertz CT molecular complexity index is 704. The first-order valence-electron chi connectivity index (χ1n) is 8.88. The highest BCUT2D eigenvalue weighted by molar-refractivity contribution is 6.31. The highest BCUT2D eigenvalue weighted by Crippen LogP contribution is 2.22. The Morgan fingerprint density at radius 3 is 2.64 bits per heavy atom. The van der Waals surface area contributed by atoms with Crippen molar-refractivity contribution in [3.05, 3.63) is 70.7 Å². The van der Waals surface area contributed by atoms with E-state index in [1.807, 2.05) is 42.3 Å². The first-order valence-corrected chi connectivity index (χ1v) is 9.26. The summed E-state index contributed by atoms with van der Waals surface area (Å²) in [5.41, 5.74) is 2.30. The first-order chi connectivity index (χ1) is 12.1. The maximum atomic E-state index is 12.9. The van der Waals surface area contributed by atoms with E-state index in [1.165, 1.54) is 5.56 Å². The SMILES string of the molecule is CN(Cc1ccccc1Cl)C(=O)C1CCCN(Cc2ccccc2)C1. The topological polar surface area (TPSA) is 23.6 Å². The fraction of sp³-hybridized carbons (Fsp3) is 0.381. The second-order valence-electron chi connectivity index (χ2n) is 6.85. The zero-order valence-electron chi connectivity index (χ0n) is 14.7. The van der Waals surface area contributed by atoms with Crippen LogP contribution < -0.4 is 0 Å². The lowest BCUT2D eigenvalue weighted by atomic mass is 9.96. The van der Waals surface area contributed by atoms with Crippen LogP contribution in [0.4, 0.5) is 0 Å². The minimum atomic E-state index is 0.0740. The van der Waals surface area contributed by atoms with E-state index in [-0.39, 0.29) is 11.8 Å². The van der Waals surface area contributed by atoms with Gasteiger partial charge < -0.3 is 4.90 Å². The van der Waals surface area contributed by atoms with Crippen LogP contribution in [0.2, 0.25) is 5.02 Å². The zero-order chi connectivity index (χ0) is 17.6. The van der Waals surface area contributed by atoms with Crippen molar-refractivity contribution >= 4 is 17.5 Å². The van der Waals surface area contributed by atoms with Gasteiger partial charge in [0.2, 0.25) is 5.91 Å². The summed E-state index contributed by atoms with van der Waals surface area (Å²) in [4.78, 5) is 17.1. The Balaban J connectivity index is 1.58. The molecular formula is C21H25ClN2O. The molecule has 2 aromatic carbocycles. The van der Waals surface area contributed by atoms with Crippen LogP contribution in [-0.2, 0) is 17.9 Å². The molecule has 1 aliphatic rings. The lowest BCUT2D eigenvalue weighted by Gasteiger charge is -2.34. The van der Waals surface area contributed by atoms with Crippen LogP contribution >= 0.6 is 11.6 Å². The summed E-state index contributed by atoms with van der Waals surface area (Å²) >= 11 is 6.23. The van der Waals surface area contributed by atoms with E-state index < -0.39 is 0 Å². The molecule has 1 heterocycles. The second kappa shape index (κ2) is 8.50. The lowest BCUT2D eigenvalue weighted by Crippen LogP contribution is -2.43. The van der Waals surface area contributed by atoms with Crippen LogP contribution in [0, 0.1) is 5.92 Å². The molecule has 132 valence electrons. The Morgan fingerprint density at radius 2 is 1.88 bits per heavy atom. The molecule has 0 bridgehead atoms. The molecule has 1 aliphatic heterocycles. The van der Waals surface area contributed by atoms with Gasteiger partial charge in [0.25, 0.3) is 0 Å². The Kier molecular flexibility index (Phi) is 6.11. The van der Waals surface area contributed by atoms with Crippen LogP contribution in [0.5, 0.6) is 0 Å². The third-order valence-electron chi connectivity index (χ3n) is 4.85.